The van der Waals surface area contributed by atoms with E-state index in [9.17, 15) is 0 Å². The fraction of sp³-hybridized carbons (Fsp3) is 0.857. The molecule has 1 rings (SSSR count). The maximum Gasteiger partial charge on any atom is 0.0221 e. The smallest absolute Gasteiger partial charge is 0.0221 e. The molecule has 1 aliphatic rings. The molecular weight excluding hydrogens is 196 g/mol. The van der Waals surface area contributed by atoms with Crippen molar-refractivity contribution in [3.8, 4) is 11.8 Å². The fourth-order valence-corrected chi connectivity index (χ4v) is 2.36. The first-order valence-electron chi connectivity index (χ1n) is 6.72. The first kappa shape index (κ1) is 13.5. The molecule has 1 fully saturated rings. The first-order valence-corrected chi connectivity index (χ1v) is 6.72. The second-order valence-electron chi connectivity index (χ2n) is 4.57. The summed E-state index contributed by atoms with van der Waals surface area (Å²) < 4.78 is 0. The van der Waals surface area contributed by atoms with Crippen LogP contribution in [0.4, 0.5) is 0 Å². The van der Waals surface area contributed by atoms with Crippen LogP contribution in [0, 0.1) is 11.8 Å². The van der Waals surface area contributed by atoms with Gasteiger partial charge in [0, 0.05) is 25.6 Å². The molecule has 0 saturated carbocycles. The number of nitrogens with zero attached hydrogens (tertiary/aromatic N) is 1. The monoisotopic (exact) mass is 222 g/mol. The van der Waals surface area contributed by atoms with Gasteiger partial charge in [-0.1, -0.05) is 13.3 Å². The highest BCUT2D eigenvalue weighted by molar-refractivity contribution is 4.96. The van der Waals surface area contributed by atoms with Crippen LogP contribution in [0.15, 0.2) is 0 Å². The van der Waals surface area contributed by atoms with Crippen LogP contribution in [-0.4, -0.2) is 37.1 Å². The van der Waals surface area contributed by atoms with Gasteiger partial charge in [0.2, 0.25) is 0 Å². The summed E-state index contributed by atoms with van der Waals surface area (Å²) in [5.74, 6) is 6.15. The van der Waals surface area contributed by atoms with Crippen molar-refractivity contribution in [1.82, 2.24) is 10.2 Å². The van der Waals surface area contributed by atoms with Gasteiger partial charge in [0.05, 0.1) is 0 Å². The summed E-state index contributed by atoms with van der Waals surface area (Å²) >= 11 is 0. The summed E-state index contributed by atoms with van der Waals surface area (Å²) in [6.07, 6.45) is 6.38. The first-order chi connectivity index (χ1) is 7.88. The summed E-state index contributed by atoms with van der Waals surface area (Å²) in [4.78, 5) is 2.62. The highest BCUT2D eigenvalue weighted by atomic mass is 15.2. The second kappa shape index (κ2) is 8.61. The molecule has 1 aliphatic heterocycles. The average molecular weight is 222 g/mol. The Bertz CT molecular complexity index is 227. The second-order valence-corrected chi connectivity index (χ2v) is 4.57. The van der Waals surface area contributed by atoms with Gasteiger partial charge < -0.3 is 5.32 Å². The molecule has 0 spiro atoms. The molecule has 2 nitrogen and oxygen atoms in total. The minimum Gasteiger partial charge on any atom is -0.315 e. The van der Waals surface area contributed by atoms with Gasteiger partial charge in [-0.15, -0.1) is 11.8 Å². The fourth-order valence-electron chi connectivity index (χ4n) is 2.36. The molecule has 0 aromatic heterocycles. The molecule has 0 bridgehead atoms. The van der Waals surface area contributed by atoms with E-state index in [1.807, 2.05) is 6.92 Å². The Morgan fingerprint density at radius 2 is 2.25 bits per heavy atom. The molecule has 92 valence electrons. The maximum atomic E-state index is 3.55. The summed E-state index contributed by atoms with van der Waals surface area (Å²) in [5, 5.41) is 3.55. The summed E-state index contributed by atoms with van der Waals surface area (Å²) in [6, 6.07) is 0.749. The van der Waals surface area contributed by atoms with E-state index in [1.54, 1.807) is 0 Å². The van der Waals surface area contributed by atoms with E-state index in [2.05, 4.69) is 29.0 Å². The number of piperidine rings is 1. The Kier molecular flexibility index (Phi) is 7.29. The predicted molar refractivity (Wildman–Crippen MR) is 70.4 cm³/mol. The van der Waals surface area contributed by atoms with E-state index in [-0.39, 0.29) is 0 Å². The number of likely N-dealkylation sites (tertiary alicyclic amines) is 1. The van der Waals surface area contributed by atoms with Gasteiger partial charge >= 0.3 is 0 Å². The van der Waals surface area contributed by atoms with Gasteiger partial charge in [0.1, 0.15) is 0 Å². The zero-order chi connectivity index (χ0) is 11.6. The highest BCUT2D eigenvalue weighted by Crippen LogP contribution is 2.16. The molecule has 1 unspecified atom stereocenters. The molecule has 16 heavy (non-hydrogen) atoms. The third-order valence-corrected chi connectivity index (χ3v) is 3.26. The van der Waals surface area contributed by atoms with E-state index in [0.29, 0.717) is 0 Å². The summed E-state index contributed by atoms with van der Waals surface area (Å²) in [6.45, 7) is 8.88. The number of rotatable bonds is 6. The minimum atomic E-state index is 0.749. The summed E-state index contributed by atoms with van der Waals surface area (Å²) in [7, 11) is 0. The van der Waals surface area contributed by atoms with Gasteiger partial charge in [-0.3, -0.25) is 4.90 Å². The number of hydrogen-bond acceptors (Lipinski definition) is 2. The molecule has 0 aromatic rings. The lowest BCUT2D eigenvalue weighted by atomic mass is 10.0. The quantitative estimate of drug-likeness (QED) is 0.548. The normalized spacial score (nSPS) is 21.5. The van der Waals surface area contributed by atoms with Crippen molar-refractivity contribution >= 4 is 0 Å². The van der Waals surface area contributed by atoms with E-state index in [4.69, 9.17) is 0 Å². The Labute approximate surface area is 101 Å². The van der Waals surface area contributed by atoms with Crippen LogP contribution in [0.5, 0.6) is 0 Å². The molecule has 1 N–H and O–H groups in total. The summed E-state index contributed by atoms with van der Waals surface area (Å²) in [5.41, 5.74) is 0. The third kappa shape index (κ3) is 5.01. The minimum absolute atomic E-state index is 0.749. The Morgan fingerprint density at radius 1 is 1.38 bits per heavy atom. The van der Waals surface area contributed by atoms with Crippen LogP contribution in [0.1, 0.15) is 46.0 Å². The molecule has 0 radical (unpaired) electrons. The molecule has 0 aromatic carbocycles. The van der Waals surface area contributed by atoms with Crippen LogP contribution >= 0.6 is 0 Å². The largest absolute Gasteiger partial charge is 0.315 e. The molecule has 0 aliphatic carbocycles. The van der Waals surface area contributed by atoms with Crippen molar-refractivity contribution in [3.05, 3.63) is 0 Å². The molecule has 2 heteroatoms. The Hall–Kier alpha value is -0.520. The zero-order valence-electron chi connectivity index (χ0n) is 10.9. The molecule has 1 atom stereocenters. The third-order valence-electron chi connectivity index (χ3n) is 3.26. The number of nitrogens with one attached hydrogen (secondary N) is 1. The maximum absolute atomic E-state index is 3.55. The zero-order valence-corrected chi connectivity index (χ0v) is 10.9. The Balaban J connectivity index is 2.27. The van der Waals surface area contributed by atoms with Crippen molar-refractivity contribution in [2.24, 2.45) is 0 Å². The number of hydrogen-bond donors (Lipinski definition) is 1. The van der Waals surface area contributed by atoms with Crippen molar-refractivity contribution in [2.45, 2.75) is 52.0 Å². The molecule has 1 saturated heterocycles. The van der Waals surface area contributed by atoms with Crippen molar-refractivity contribution in [1.29, 1.82) is 0 Å². The van der Waals surface area contributed by atoms with Crippen LogP contribution in [0.2, 0.25) is 0 Å². The van der Waals surface area contributed by atoms with E-state index < -0.39 is 0 Å². The van der Waals surface area contributed by atoms with Crippen molar-refractivity contribution in [2.75, 3.05) is 26.2 Å². The highest BCUT2D eigenvalue weighted by Gasteiger charge is 2.20. The van der Waals surface area contributed by atoms with Crippen LogP contribution < -0.4 is 5.32 Å². The van der Waals surface area contributed by atoms with Gasteiger partial charge in [-0.25, -0.2) is 0 Å². The van der Waals surface area contributed by atoms with E-state index in [1.165, 1.54) is 32.2 Å². The van der Waals surface area contributed by atoms with E-state index >= 15 is 0 Å². The lowest BCUT2D eigenvalue weighted by molar-refractivity contribution is 0.149. The van der Waals surface area contributed by atoms with Gasteiger partial charge in [-0.05, 0) is 39.3 Å². The van der Waals surface area contributed by atoms with Gasteiger partial charge in [-0.2, -0.15) is 0 Å². The standard InChI is InChI=1S/C14H26N2/c1-3-5-7-11-16-12-8-6-9-14(16)13-15-10-4-2/h14-15H,4,6-13H2,1-2H3. The van der Waals surface area contributed by atoms with Crippen LogP contribution in [-0.2, 0) is 0 Å². The van der Waals surface area contributed by atoms with Crippen molar-refractivity contribution in [3.63, 3.8) is 0 Å². The lowest BCUT2D eigenvalue weighted by Gasteiger charge is -2.35. The Morgan fingerprint density at radius 3 is 3.00 bits per heavy atom. The van der Waals surface area contributed by atoms with Gasteiger partial charge in [0.25, 0.3) is 0 Å². The van der Waals surface area contributed by atoms with Crippen molar-refractivity contribution < 1.29 is 0 Å². The van der Waals surface area contributed by atoms with Crippen LogP contribution in [0.3, 0.4) is 0 Å². The molecule has 0 amide bonds. The van der Waals surface area contributed by atoms with Crippen LogP contribution in [0.25, 0.3) is 0 Å². The average Bonchev–Trinajstić information content (AvgIpc) is 2.32. The molecule has 1 heterocycles. The lowest BCUT2D eigenvalue weighted by Crippen LogP contribution is -2.45. The molecular formula is C14H26N2. The van der Waals surface area contributed by atoms with Gasteiger partial charge in [0.15, 0.2) is 0 Å². The van der Waals surface area contributed by atoms with E-state index in [0.717, 1.165) is 32.1 Å². The SMILES string of the molecule is CC#CCCN1CCCCC1CNCCC. The predicted octanol–water partition coefficient (Wildman–Crippen LogP) is 2.25. The topological polar surface area (TPSA) is 15.3 Å².